The van der Waals surface area contributed by atoms with Crippen LogP contribution < -0.4 is 0 Å². The van der Waals surface area contributed by atoms with Gasteiger partial charge in [0.2, 0.25) is 0 Å². The molecule has 1 unspecified atom stereocenters. The van der Waals surface area contributed by atoms with Crippen molar-refractivity contribution in [3.8, 4) is 23.0 Å². The van der Waals surface area contributed by atoms with Gasteiger partial charge in [-0.3, -0.25) is 0 Å². The van der Waals surface area contributed by atoms with E-state index in [1.165, 1.54) is 24.3 Å². The molecular weight excluding hydrogens is 272 g/mol. The summed E-state index contributed by atoms with van der Waals surface area (Å²) in [5, 5.41) is 47.3. The molecular formula is C16H18O5. The van der Waals surface area contributed by atoms with E-state index in [0.29, 0.717) is 24.8 Å². The van der Waals surface area contributed by atoms with E-state index in [1.54, 1.807) is 12.1 Å². The van der Waals surface area contributed by atoms with Crippen LogP contribution in [0.2, 0.25) is 0 Å². The van der Waals surface area contributed by atoms with Gasteiger partial charge in [0.05, 0.1) is 6.10 Å². The molecule has 2 rings (SSSR count). The highest BCUT2D eigenvalue weighted by Gasteiger charge is 2.10. The second-order valence-corrected chi connectivity index (χ2v) is 4.98. The predicted octanol–water partition coefficient (Wildman–Crippen LogP) is 2.57. The molecule has 0 aliphatic heterocycles. The number of aromatic hydroxyl groups is 4. The molecule has 0 bridgehead atoms. The lowest BCUT2D eigenvalue weighted by Crippen LogP contribution is -1.98. The highest BCUT2D eigenvalue weighted by molar-refractivity contribution is 5.41. The molecule has 2 aromatic carbocycles. The van der Waals surface area contributed by atoms with Crippen LogP contribution in [0, 0.1) is 0 Å². The number of hydrogen-bond donors (Lipinski definition) is 5. The Morgan fingerprint density at radius 3 is 2.00 bits per heavy atom. The average Bonchev–Trinajstić information content (AvgIpc) is 2.45. The van der Waals surface area contributed by atoms with Crippen LogP contribution in [-0.4, -0.2) is 25.5 Å². The zero-order valence-electron chi connectivity index (χ0n) is 11.4. The zero-order valence-corrected chi connectivity index (χ0v) is 11.4. The summed E-state index contributed by atoms with van der Waals surface area (Å²) in [6.07, 6.45) is 1.07. The van der Waals surface area contributed by atoms with E-state index in [4.69, 9.17) is 0 Å². The van der Waals surface area contributed by atoms with E-state index in [1.807, 2.05) is 0 Å². The molecule has 21 heavy (non-hydrogen) atoms. The minimum atomic E-state index is -0.734. The van der Waals surface area contributed by atoms with Gasteiger partial charge in [-0.1, -0.05) is 12.1 Å². The third kappa shape index (κ3) is 3.79. The maximum absolute atomic E-state index is 10.0. The monoisotopic (exact) mass is 290 g/mol. The van der Waals surface area contributed by atoms with Crippen LogP contribution >= 0.6 is 0 Å². The molecule has 0 fully saturated rings. The molecule has 112 valence electrons. The van der Waals surface area contributed by atoms with Gasteiger partial charge in [-0.25, -0.2) is 0 Å². The molecule has 1 atom stereocenters. The number of rotatable bonds is 5. The number of aliphatic hydroxyl groups excluding tert-OH is 1. The van der Waals surface area contributed by atoms with Crippen molar-refractivity contribution in [2.24, 2.45) is 0 Å². The summed E-state index contributed by atoms with van der Waals surface area (Å²) >= 11 is 0. The van der Waals surface area contributed by atoms with Crippen molar-refractivity contribution >= 4 is 0 Å². The van der Waals surface area contributed by atoms with Crippen LogP contribution in [-0.2, 0) is 6.42 Å². The number of aliphatic hydroxyl groups is 1. The third-order valence-corrected chi connectivity index (χ3v) is 3.37. The highest BCUT2D eigenvalue weighted by Crippen LogP contribution is 2.30. The fraction of sp³-hybridized carbons (Fsp3) is 0.250. The van der Waals surface area contributed by atoms with E-state index in [0.717, 1.165) is 5.56 Å². The topological polar surface area (TPSA) is 101 Å². The second-order valence-electron chi connectivity index (χ2n) is 4.98. The summed E-state index contributed by atoms with van der Waals surface area (Å²) in [5.41, 5.74) is 1.41. The van der Waals surface area contributed by atoms with E-state index in [9.17, 15) is 25.5 Å². The van der Waals surface area contributed by atoms with Crippen molar-refractivity contribution in [3.63, 3.8) is 0 Å². The summed E-state index contributed by atoms with van der Waals surface area (Å²) in [5.74, 6) is -0.782. The zero-order chi connectivity index (χ0) is 15.4. The van der Waals surface area contributed by atoms with Crippen molar-refractivity contribution in [1.82, 2.24) is 0 Å². The van der Waals surface area contributed by atoms with Gasteiger partial charge in [-0.2, -0.15) is 0 Å². The molecule has 0 amide bonds. The lowest BCUT2D eigenvalue weighted by atomic mass is 10.0. The van der Waals surface area contributed by atoms with Gasteiger partial charge in [-0.05, 0) is 54.7 Å². The first-order valence-electron chi connectivity index (χ1n) is 6.68. The quantitative estimate of drug-likeness (QED) is 0.545. The fourth-order valence-electron chi connectivity index (χ4n) is 2.14. The largest absolute Gasteiger partial charge is 0.504 e. The number of aryl methyl sites for hydroxylation is 1. The Labute approximate surface area is 122 Å². The number of hydrogen-bond acceptors (Lipinski definition) is 5. The Morgan fingerprint density at radius 2 is 1.38 bits per heavy atom. The van der Waals surface area contributed by atoms with Crippen molar-refractivity contribution in [2.75, 3.05) is 0 Å². The Kier molecular flexibility index (Phi) is 4.55. The first-order valence-corrected chi connectivity index (χ1v) is 6.68. The van der Waals surface area contributed by atoms with Crippen molar-refractivity contribution in [2.45, 2.75) is 25.4 Å². The molecule has 0 aromatic heterocycles. The third-order valence-electron chi connectivity index (χ3n) is 3.37. The first kappa shape index (κ1) is 15.0. The number of phenols is 4. The lowest BCUT2D eigenvalue weighted by Gasteiger charge is -2.12. The van der Waals surface area contributed by atoms with Crippen molar-refractivity contribution in [1.29, 1.82) is 0 Å². The number of phenolic OH excluding ortho intramolecular Hbond substituents is 4. The highest BCUT2D eigenvalue weighted by atomic mass is 16.3. The molecule has 0 saturated heterocycles. The predicted molar refractivity (Wildman–Crippen MR) is 77.4 cm³/mol. The van der Waals surface area contributed by atoms with Gasteiger partial charge in [0.15, 0.2) is 23.0 Å². The van der Waals surface area contributed by atoms with Gasteiger partial charge in [-0.15, -0.1) is 0 Å². The summed E-state index contributed by atoms with van der Waals surface area (Å²) in [6.45, 7) is 0. The molecule has 0 saturated carbocycles. The standard InChI is InChI=1S/C16H18O5/c17-12(11-5-7-14(19)16(21)9-11)3-1-2-10-4-6-13(18)15(20)8-10/h4-9,12,17-21H,1-3H2. The minimum Gasteiger partial charge on any atom is -0.504 e. The maximum atomic E-state index is 10.0. The second kappa shape index (κ2) is 6.37. The Morgan fingerprint density at radius 1 is 0.762 bits per heavy atom. The van der Waals surface area contributed by atoms with Crippen molar-refractivity contribution < 1.29 is 25.5 Å². The van der Waals surface area contributed by atoms with E-state index in [-0.39, 0.29) is 23.0 Å². The molecule has 0 spiro atoms. The summed E-state index contributed by atoms with van der Waals surface area (Å²) in [4.78, 5) is 0. The molecule has 5 nitrogen and oxygen atoms in total. The Balaban J connectivity index is 1.90. The van der Waals surface area contributed by atoms with Crippen LogP contribution in [0.3, 0.4) is 0 Å². The molecule has 5 heteroatoms. The molecule has 0 heterocycles. The lowest BCUT2D eigenvalue weighted by molar-refractivity contribution is 0.164. The van der Waals surface area contributed by atoms with E-state index in [2.05, 4.69) is 0 Å². The SMILES string of the molecule is Oc1ccc(CCCC(O)c2ccc(O)c(O)c2)cc1O. The maximum Gasteiger partial charge on any atom is 0.157 e. The fourth-order valence-corrected chi connectivity index (χ4v) is 2.14. The molecule has 5 N–H and O–H groups in total. The molecule has 2 aromatic rings. The number of benzene rings is 2. The normalized spacial score (nSPS) is 12.2. The van der Waals surface area contributed by atoms with Gasteiger partial charge >= 0.3 is 0 Å². The van der Waals surface area contributed by atoms with Gasteiger partial charge in [0.1, 0.15) is 0 Å². The van der Waals surface area contributed by atoms with Crippen LogP contribution in [0.15, 0.2) is 36.4 Å². The van der Waals surface area contributed by atoms with Crippen molar-refractivity contribution in [3.05, 3.63) is 47.5 Å². The molecule has 0 radical (unpaired) electrons. The Bertz CT molecular complexity index is 624. The van der Waals surface area contributed by atoms with Gasteiger partial charge < -0.3 is 25.5 Å². The summed E-state index contributed by atoms with van der Waals surface area (Å²) < 4.78 is 0. The van der Waals surface area contributed by atoms with Crippen LogP contribution in [0.5, 0.6) is 23.0 Å². The molecule has 0 aliphatic rings. The van der Waals surface area contributed by atoms with Crippen LogP contribution in [0.1, 0.15) is 30.1 Å². The van der Waals surface area contributed by atoms with Gasteiger partial charge in [0, 0.05) is 0 Å². The minimum absolute atomic E-state index is 0.154. The first-order chi connectivity index (χ1) is 9.97. The summed E-state index contributed by atoms with van der Waals surface area (Å²) in [7, 11) is 0. The van der Waals surface area contributed by atoms with Crippen LogP contribution in [0.4, 0.5) is 0 Å². The smallest absolute Gasteiger partial charge is 0.157 e. The average molecular weight is 290 g/mol. The van der Waals surface area contributed by atoms with Gasteiger partial charge in [0.25, 0.3) is 0 Å². The Hall–Kier alpha value is -2.40. The molecule has 0 aliphatic carbocycles. The van der Waals surface area contributed by atoms with E-state index >= 15 is 0 Å². The van der Waals surface area contributed by atoms with E-state index < -0.39 is 6.10 Å². The van der Waals surface area contributed by atoms with Crippen LogP contribution in [0.25, 0.3) is 0 Å². The summed E-state index contributed by atoms with van der Waals surface area (Å²) in [6, 6.07) is 8.88.